The Labute approximate surface area is 88.1 Å². The fourth-order valence-electron chi connectivity index (χ4n) is 1.93. The van der Waals surface area contributed by atoms with Crippen molar-refractivity contribution in [3.8, 4) is 0 Å². The highest BCUT2D eigenvalue weighted by Crippen LogP contribution is 2.38. The molecule has 1 rings (SSSR count). The van der Waals surface area contributed by atoms with Gasteiger partial charge in [-0.15, -0.1) is 0 Å². The first-order chi connectivity index (χ1) is 6.68. The van der Waals surface area contributed by atoms with Crippen LogP contribution in [-0.4, -0.2) is 0 Å². The molecule has 0 fully saturated rings. The first-order valence-electron chi connectivity index (χ1n) is 4.82. The monoisotopic (exact) mass is 216 g/mol. The van der Waals surface area contributed by atoms with E-state index in [0.29, 0.717) is 11.1 Å². The Morgan fingerprint density at radius 1 is 0.600 bits per heavy atom. The van der Waals surface area contributed by atoms with Gasteiger partial charge < -0.3 is 0 Å². The fourth-order valence-corrected chi connectivity index (χ4v) is 1.93. The molecule has 15 heavy (non-hydrogen) atoms. The summed E-state index contributed by atoms with van der Waals surface area (Å²) in [6, 6.07) is 0. The molecule has 0 N–H and O–H groups in total. The number of alkyl halides is 3. The van der Waals surface area contributed by atoms with Crippen molar-refractivity contribution >= 4 is 0 Å². The van der Waals surface area contributed by atoms with Gasteiger partial charge in [0.1, 0.15) is 0 Å². The van der Waals surface area contributed by atoms with E-state index in [9.17, 15) is 13.2 Å². The second-order valence-corrected chi connectivity index (χ2v) is 4.00. The van der Waals surface area contributed by atoms with Crippen molar-refractivity contribution in [1.29, 1.82) is 0 Å². The molecule has 0 aromatic heterocycles. The molecule has 0 amide bonds. The van der Waals surface area contributed by atoms with Crippen molar-refractivity contribution in [3.63, 3.8) is 0 Å². The Morgan fingerprint density at radius 3 is 1.13 bits per heavy atom. The molecule has 0 aliphatic heterocycles. The quantitative estimate of drug-likeness (QED) is 0.608. The van der Waals surface area contributed by atoms with Crippen LogP contribution in [-0.2, 0) is 6.18 Å². The standard InChI is InChI=1S/C12H15F3/c1-6-7(2)9(4)11(12(13,14)15)10(5)8(6)3/h1-5H3. The molecular weight excluding hydrogens is 201 g/mol. The zero-order valence-corrected chi connectivity index (χ0v) is 9.63. The molecule has 0 atom stereocenters. The van der Waals surface area contributed by atoms with Crippen molar-refractivity contribution < 1.29 is 13.2 Å². The van der Waals surface area contributed by atoms with E-state index in [2.05, 4.69) is 0 Å². The van der Waals surface area contributed by atoms with E-state index in [1.54, 1.807) is 13.8 Å². The summed E-state index contributed by atoms with van der Waals surface area (Å²) in [4.78, 5) is 0. The van der Waals surface area contributed by atoms with E-state index in [4.69, 9.17) is 0 Å². The van der Waals surface area contributed by atoms with Gasteiger partial charge in [0.05, 0.1) is 5.56 Å². The summed E-state index contributed by atoms with van der Waals surface area (Å²) < 4.78 is 38.4. The summed E-state index contributed by atoms with van der Waals surface area (Å²) in [6.07, 6.45) is -4.25. The van der Waals surface area contributed by atoms with Gasteiger partial charge in [0.15, 0.2) is 0 Å². The van der Waals surface area contributed by atoms with Gasteiger partial charge in [-0.05, 0) is 62.4 Å². The largest absolute Gasteiger partial charge is 0.416 e. The Bertz CT molecular complexity index is 371. The third-order valence-corrected chi connectivity index (χ3v) is 3.28. The third kappa shape index (κ3) is 1.87. The highest BCUT2D eigenvalue weighted by Gasteiger charge is 2.35. The summed E-state index contributed by atoms with van der Waals surface area (Å²) in [5.41, 5.74) is 2.67. The van der Waals surface area contributed by atoms with Crippen LogP contribution < -0.4 is 0 Å². The van der Waals surface area contributed by atoms with Gasteiger partial charge in [-0.1, -0.05) is 0 Å². The lowest BCUT2D eigenvalue weighted by Gasteiger charge is -2.20. The second kappa shape index (κ2) is 3.54. The van der Waals surface area contributed by atoms with Crippen LogP contribution in [0.2, 0.25) is 0 Å². The van der Waals surface area contributed by atoms with Crippen LogP contribution in [0, 0.1) is 34.6 Å². The molecule has 84 valence electrons. The molecule has 0 saturated carbocycles. The van der Waals surface area contributed by atoms with Crippen molar-refractivity contribution in [2.24, 2.45) is 0 Å². The van der Waals surface area contributed by atoms with Crippen LogP contribution in [0.1, 0.15) is 33.4 Å². The molecule has 0 bridgehead atoms. The number of hydrogen-bond donors (Lipinski definition) is 0. The average molecular weight is 216 g/mol. The summed E-state index contributed by atoms with van der Waals surface area (Å²) in [5.74, 6) is 0. The molecule has 0 aliphatic carbocycles. The van der Waals surface area contributed by atoms with Crippen LogP contribution in [0.4, 0.5) is 13.2 Å². The lowest BCUT2D eigenvalue weighted by Crippen LogP contribution is -2.13. The normalized spacial score (nSPS) is 12.0. The number of hydrogen-bond acceptors (Lipinski definition) is 0. The first-order valence-corrected chi connectivity index (χ1v) is 4.82. The van der Waals surface area contributed by atoms with E-state index in [1.165, 1.54) is 13.8 Å². The van der Waals surface area contributed by atoms with E-state index in [-0.39, 0.29) is 0 Å². The van der Waals surface area contributed by atoms with Crippen molar-refractivity contribution in [2.75, 3.05) is 0 Å². The third-order valence-electron chi connectivity index (χ3n) is 3.28. The lowest BCUT2D eigenvalue weighted by atomic mass is 9.89. The van der Waals surface area contributed by atoms with Crippen molar-refractivity contribution in [3.05, 3.63) is 33.4 Å². The van der Waals surface area contributed by atoms with E-state index in [1.807, 2.05) is 6.92 Å². The Kier molecular flexibility index (Phi) is 2.85. The van der Waals surface area contributed by atoms with Gasteiger partial charge in [-0.2, -0.15) is 13.2 Å². The molecule has 0 nitrogen and oxygen atoms in total. The van der Waals surface area contributed by atoms with Crippen LogP contribution in [0.25, 0.3) is 0 Å². The van der Waals surface area contributed by atoms with Crippen LogP contribution in [0.5, 0.6) is 0 Å². The van der Waals surface area contributed by atoms with E-state index >= 15 is 0 Å². The van der Waals surface area contributed by atoms with Crippen LogP contribution >= 0.6 is 0 Å². The maximum atomic E-state index is 12.8. The smallest absolute Gasteiger partial charge is 0.166 e. The Morgan fingerprint density at radius 2 is 0.867 bits per heavy atom. The molecule has 0 radical (unpaired) electrons. The second-order valence-electron chi connectivity index (χ2n) is 4.00. The highest BCUT2D eigenvalue weighted by atomic mass is 19.4. The van der Waals surface area contributed by atoms with E-state index in [0.717, 1.165) is 16.7 Å². The summed E-state index contributed by atoms with van der Waals surface area (Å²) in [6.45, 7) is 8.43. The van der Waals surface area contributed by atoms with Gasteiger partial charge in [0.25, 0.3) is 0 Å². The lowest BCUT2D eigenvalue weighted by molar-refractivity contribution is -0.138. The molecule has 3 heteroatoms. The maximum Gasteiger partial charge on any atom is 0.416 e. The van der Waals surface area contributed by atoms with Crippen molar-refractivity contribution in [1.82, 2.24) is 0 Å². The van der Waals surface area contributed by atoms with Gasteiger partial charge in [-0.25, -0.2) is 0 Å². The Balaban J connectivity index is 3.68. The maximum absolute atomic E-state index is 12.8. The van der Waals surface area contributed by atoms with Gasteiger partial charge >= 0.3 is 6.18 Å². The number of halogens is 3. The minimum absolute atomic E-state index is 0.350. The summed E-state index contributed by atoms with van der Waals surface area (Å²) in [5, 5.41) is 0. The summed E-state index contributed by atoms with van der Waals surface area (Å²) in [7, 11) is 0. The molecule has 1 aromatic carbocycles. The summed E-state index contributed by atoms with van der Waals surface area (Å²) >= 11 is 0. The minimum atomic E-state index is -4.25. The average Bonchev–Trinajstić information content (AvgIpc) is 2.09. The molecule has 0 unspecified atom stereocenters. The van der Waals surface area contributed by atoms with Gasteiger partial charge in [-0.3, -0.25) is 0 Å². The predicted octanol–water partition coefficient (Wildman–Crippen LogP) is 4.25. The van der Waals surface area contributed by atoms with Crippen LogP contribution in [0.3, 0.4) is 0 Å². The van der Waals surface area contributed by atoms with Gasteiger partial charge in [0, 0.05) is 0 Å². The molecule has 0 heterocycles. The van der Waals surface area contributed by atoms with Gasteiger partial charge in [0.2, 0.25) is 0 Å². The molecule has 0 spiro atoms. The Hall–Kier alpha value is -0.990. The van der Waals surface area contributed by atoms with Crippen LogP contribution in [0.15, 0.2) is 0 Å². The molecule has 0 saturated heterocycles. The first kappa shape index (κ1) is 12.1. The molecular formula is C12H15F3. The number of benzene rings is 1. The van der Waals surface area contributed by atoms with E-state index < -0.39 is 11.7 Å². The zero-order valence-electron chi connectivity index (χ0n) is 9.63. The predicted molar refractivity (Wildman–Crippen MR) is 55.1 cm³/mol. The SMILES string of the molecule is Cc1c(C)c(C)c(C(F)(F)F)c(C)c1C. The minimum Gasteiger partial charge on any atom is -0.166 e. The van der Waals surface area contributed by atoms with Crippen molar-refractivity contribution in [2.45, 2.75) is 40.8 Å². The molecule has 1 aromatic rings. The fraction of sp³-hybridized carbons (Fsp3) is 0.500. The number of rotatable bonds is 0. The highest BCUT2D eigenvalue weighted by molar-refractivity contribution is 5.50. The zero-order chi connectivity index (χ0) is 12.0. The molecule has 0 aliphatic rings. The topological polar surface area (TPSA) is 0 Å².